The van der Waals surface area contributed by atoms with Gasteiger partial charge in [-0.3, -0.25) is 9.59 Å². The minimum Gasteiger partial charge on any atom is -0.494 e. The molecule has 5 nitrogen and oxygen atoms in total. The molecule has 1 rings (SSSR count). The number of aliphatic carboxylic acids is 2. The summed E-state index contributed by atoms with van der Waals surface area (Å²) in [5, 5.41) is 17.4. The first kappa shape index (κ1) is 16.0. The van der Waals surface area contributed by atoms with Crippen LogP contribution in [0.4, 0.5) is 0 Å². The Balaban J connectivity index is 2.05. The number of unbranched alkanes of at least 4 members (excludes halogenated alkanes) is 3. The van der Waals surface area contributed by atoms with Crippen molar-refractivity contribution in [1.82, 2.24) is 0 Å². The Kier molecular flexibility index (Phi) is 7.17. The lowest BCUT2D eigenvalue weighted by Gasteiger charge is -2.07. The zero-order chi connectivity index (χ0) is 14.8. The summed E-state index contributed by atoms with van der Waals surface area (Å²) in [6.45, 7) is 0.616. The van der Waals surface area contributed by atoms with Gasteiger partial charge in [0.2, 0.25) is 0 Å². The summed E-state index contributed by atoms with van der Waals surface area (Å²) >= 11 is 0. The Bertz CT molecular complexity index is 402. The third-order valence-corrected chi connectivity index (χ3v) is 3.00. The molecule has 0 amide bonds. The van der Waals surface area contributed by atoms with Crippen molar-refractivity contribution in [3.05, 3.63) is 30.3 Å². The van der Waals surface area contributed by atoms with E-state index in [0.29, 0.717) is 13.0 Å². The van der Waals surface area contributed by atoms with Gasteiger partial charge in [0.15, 0.2) is 5.92 Å². The summed E-state index contributed by atoms with van der Waals surface area (Å²) in [6.07, 6.45) is 3.38. The second-order valence-electron chi connectivity index (χ2n) is 4.59. The molecule has 1 aromatic rings. The molecular weight excluding hydrogens is 260 g/mol. The fourth-order valence-corrected chi connectivity index (χ4v) is 1.86. The molecule has 0 aliphatic carbocycles. The zero-order valence-corrected chi connectivity index (χ0v) is 11.3. The highest BCUT2D eigenvalue weighted by Gasteiger charge is 2.24. The Morgan fingerprint density at radius 2 is 1.55 bits per heavy atom. The Morgan fingerprint density at radius 1 is 0.950 bits per heavy atom. The number of rotatable bonds is 10. The number of hydrogen-bond donors (Lipinski definition) is 2. The third kappa shape index (κ3) is 6.22. The van der Waals surface area contributed by atoms with Crippen LogP contribution in [-0.2, 0) is 9.59 Å². The molecule has 0 fully saturated rings. The van der Waals surface area contributed by atoms with Crippen molar-refractivity contribution < 1.29 is 24.5 Å². The molecule has 1 aromatic carbocycles. The lowest BCUT2D eigenvalue weighted by Crippen LogP contribution is -2.23. The van der Waals surface area contributed by atoms with Gasteiger partial charge >= 0.3 is 11.9 Å². The van der Waals surface area contributed by atoms with Crippen LogP contribution in [0.1, 0.15) is 32.1 Å². The number of ether oxygens (including phenoxy) is 1. The number of para-hydroxylation sites is 1. The predicted molar refractivity (Wildman–Crippen MR) is 73.8 cm³/mol. The molecule has 0 saturated heterocycles. The minimum atomic E-state index is -1.28. The SMILES string of the molecule is O=C(O)C(CCCCCCOc1ccccc1)C(=O)O. The largest absolute Gasteiger partial charge is 0.494 e. The van der Waals surface area contributed by atoms with E-state index in [2.05, 4.69) is 0 Å². The molecule has 5 heteroatoms. The monoisotopic (exact) mass is 280 g/mol. The topological polar surface area (TPSA) is 83.8 Å². The minimum absolute atomic E-state index is 0.185. The summed E-state index contributed by atoms with van der Waals surface area (Å²) in [7, 11) is 0. The number of benzene rings is 1. The molecule has 0 saturated carbocycles. The van der Waals surface area contributed by atoms with E-state index in [0.717, 1.165) is 25.0 Å². The first-order chi connectivity index (χ1) is 9.61. The maximum Gasteiger partial charge on any atom is 0.317 e. The van der Waals surface area contributed by atoms with Crippen molar-refractivity contribution >= 4 is 11.9 Å². The fraction of sp³-hybridized carbons (Fsp3) is 0.467. The van der Waals surface area contributed by atoms with Gasteiger partial charge < -0.3 is 14.9 Å². The molecule has 0 aliphatic rings. The first-order valence-electron chi connectivity index (χ1n) is 6.74. The van der Waals surface area contributed by atoms with Crippen molar-refractivity contribution in [2.75, 3.05) is 6.61 Å². The number of carboxylic acid groups (broad SMARTS) is 2. The van der Waals surface area contributed by atoms with Crippen molar-refractivity contribution in [3.8, 4) is 5.75 Å². The van der Waals surface area contributed by atoms with E-state index >= 15 is 0 Å². The maximum absolute atomic E-state index is 10.7. The second kappa shape index (κ2) is 8.96. The van der Waals surface area contributed by atoms with Crippen LogP contribution < -0.4 is 4.74 Å². The van der Waals surface area contributed by atoms with E-state index < -0.39 is 17.9 Å². The molecule has 0 aliphatic heterocycles. The van der Waals surface area contributed by atoms with Crippen LogP contribution in [0.2, 0.25) is 0 Å². The van der Waals surface area contributed by atoms with Crippen molar-refractivity contribution in [3.63, 3.8) is 0 Å². The van der Waals surface area contributed by atoms with Gasteiger partial charge in [0.05, 0.1) is 6.61 Å². The Morgan fingerprint density at radius 3 is 2.15 bits per heavy atom. The van der Waals surface area contributed by atoms with Crippen LogP contribution in [0.25, 0.3) is 0 Å². The third-order valence-electron chi connectivity index (χ3n) is 3.00. The van der Waals surface area contributed by atoms with E-state index in [1.54, 1.807) is 0 Å². The lowest BCUT2D eigenvalue weighted by molar-refractivity contribution is -0.154. The standard InChI is InChI=1S/C15H20O5/c16-14(17)13(15(18)19)10-6-1-2-7-11-20-12-8-4-3-5-9-12/h3-5,8-9,13H,1-2,6-7,10-11H2,(H,16,17)(H,18,19). The van der Waals surface area contributed by atoms with Gasteiger partial charge in [-0.2, -0.15) is 0 Å². The molecule has 0 heterocycles. The highest BCUT2D eigenvalue weighted by molar-refractivity contribution is 5.92. The van der Waals surface area contributed by atoms with Gasteiger partial charge in [-0.1, -0.05) is 37.5 Å². The average Bonchev–Trinajstić information content (AvgIpc) is 2.42. The summed E-state index contributed by atoms with van der Waals surface area (Å²) in [5.41, 5.74) is 0. The Hall–Kier alpha value is -2.04. The van der Waals surface area contributed by atoms with Gasteiger partial charge in [-0.15, -0.1) is 0 Å². The van der Waals surface area contributed by atoms with Gasteiger partial charge in [-0.05, 0) is 25.0 Å². The van der Waals surface area contributed by atoms with E-state index in [-0.39, 0.29) is 6.42 Å². The van der Waals surface area contributed by atoms with Crippen LogP contribution in [0.5, 0.6) is 5.75 Å². The zero-order valence-electron chi connectivity index (χ0n) is 11.3. The molecule has 0 aromatic heterocycles. The smallest absolute Gasteiger partial charge is 0.317 e. The highest BCUT2D eigenvalue weighted by Crippen LogP contribution is 2.13. The van der Waals surface area contributed by atoms with Crippen molar-refractivity contribution in [2.24, 2.45) is 5.92 Å². The number of carboxylic acids is 2. The molecule has 0 spiro atoms. The van der Waals surface area contributed by atoms with Crippen molar-refractivity contribution in [2.45, 2.75) is 32.1 Å². The highest BCUT2D eigenvalue weighted by atomic mass is 16.5. The molecule has 20 heavy (non-hydrogen) atoms. The van der Waals surface area contributed by atoms with Crippen LogP contribution in [-0.4, -0.2) is 28.8 Å². The van der Waals surface area contributed by atoms with Crippen LogP contribution in [0, 0.1) is 5.92 Å². The average molecular weight is 280 g/mol. The van der Waals surface area contributed by atoms with Crippen LogP contribution >= 0.6 is 0 Å². The molecule has 0 bridgehead atoms. The molecule has 0 unspecified atom stereocenters. The van der Waals surface area contributed by atoms with Gasteiger partial charge in [0.1, 0.15) is 5.75 Å². The molecule has 2 N–H and O–H groups in total. The van der Waals surface area contributed by atoms with Gasteiger partial charge in [0, 0.05) is 0 Å². The van der Waals surface area contributed by atoms with Gasteiger partial charge in [0.25, 0.3) is 0 Å². The fourth-order valence-electron chi connectivity index (χ4n) is 1.86. The summed E-state index contributed by atoms with van der Waals surface area (Å²) in [6, 6.07) is 9.53. The quantitative estimate of drug-likeness (QED) is 0.508. The lowest BCUT2D eigenvalue weighted by atomic mass is 10.0. The van der Waals surface area contributed by atoms with E-state index in [1.165, 1.54) is 0 Å². The molecular formula is C15H20O5. The number of hydrogen-bond acceptors (Lipinski definition) is 3. The molecule has 110 valence electrons. The van der Waals surface area contributed by atoms with Crippen LogP contribution in [0.3, 0.4) is 0 Å². The normalized spacial score (nSPS) is 10.4. The first-order valence-corrected chi connectivity index (χ1v) is 6.74. The summed E-state index contributed by atoms with van der Waals surface area (Å²) in [5.74, 6) is -2.96. The van der Waals surface area contributed by atoms with Crippen molar-refractivity contribution in [1.29, 1.82) is 0 Å². The maximum atomic E-state index is 10.7. The van der Waals surface area contributed by atoms with E-state index in [9.17, 15) is 9.59 Å². The van der Waals surface area contributed by atoms with Gasteiger partial charge in [-0.25, -0.2) is 0 Å². The summed E-state index contributed by atoms with van der Waals surface area (Å²) in [4.78, 5) is 21.3. The Labute approximate surface area is 118 Å². The predicted octanol–water partition coefficient (Wildman–Crippen LogP) is 2.80. The van der Waals surface area contributed by atoms with E-state index in [4.69, 9.17) is 14.9 Å². The van der Waals surface area contributed by atoms with Crippen LogP contribution in [0.15, 0.2) is 30.3 Å². The summed E-state index contributed by atoms with van der Waals surface area (Å²) < 4.78 is 5.52. The molecule has 0 atom stereocenters. The number of carbonyl (C=O) groups is 2. The second-order valence-corrected chi connectivity index (χ2v) is 4.59. The molecule has 0 radical (unpaired) electrons. The van der Waals surface area contributed by atoms with E-state index in [1.807, 2.05) is 30.3 Å².